The molecule has 1 aromatic heterocycles. The first-order valence-corrected chi connectivity index (χ1v) is 14.2. The van der Waals surface area contributed by atoms with Crippen LogP contribution in [0.4, 0.5) is 0 Å². The number of alkyl halides is 1. The molecule has 1 aliphatic rings. The quantitative estimate of drug-likeness (QED) is 0.279. The summed E-state index contributed by atoms with van der Waals surface area (Å²) in [6, 6.07) is 1.53. The highest BCUT2D eigenvalue weighted by Crippen LogP contribution is 2.40. The van der Waals surface area contributed by atoms with Crippen molar-refractivity contribution in [2.75, 3.05) is 18.5 Å². The molecule has 1 saturated heterocycles. The van der Waals surface area contributed by atoms with Gasteiger partial charge < -0.3 is 18.6 Å². The minimum atomic E-state index is -2.39. The summed E-state index contributed by atoms with van der Waals surface area (Å²) in [4.78, 5) is 41.4. The van der Waals surface area contributed by atoms with Crippen molar-refractivity contribution in [3.8, 4) is 5.88 Å². The van der Waals surface area contributed by atoms with Crippen LogP contribution < -0.4 is 10.4 Å². The van der Waals surface area contributed by atoms with Crippen LogP contribution in [0.25, 0.3) is 0 Å². The van der Waals surface area contributed by atoms with Gasteiger partial charge in [0.15, 0.2) is 32.5 Å². The molecule has 2 heterocycles. The number of esters is 1. The first-order chi connectivity index (χ1) is 14.4. The lowest BCUT2D eigenvalue weighted by atomic mass is 10.2. The lowest BCUT2D eigenvalue weighted by Crippen LogP contribution is -2.48. The van der Waals surface area contributed by atoms with Crippen molar-refractivity contribution in [3.63, 3.8) is 0 Å². The van der Waals surface area contributed by atoms with Crippen LogP contribution in [0.3, 0.4) is 0 Å². The van der Waals surface area contributed by atoms with Crippen molar-refractivity contribution in [3.05, 3.63) is 22.7 Å². The second kappa shape index (κ2) is 10.4. The minimum absolute atomic E-state index is 0.166. The van der Waals surface area contributed by atoms with Gasteiger partial charge in [-0.2, -0.15) is 4.98 Å². The Hall–Kier alpha value is -1.56. The number of rotatable bonds is 9. The van der Waals surface area contributed by atoms with Crippen LogP contribution in [-0.4, -0.2) is 60.4 Å². The van der Waals surface area contributed by atoms with Gasteiger partial charge in [-0.1, -0.05) is 36.7 Å². The number of ether oxygens (including phenoxy) is 3. The summed E-state index contributed by atoms with van der Waals surface area (Å²) >= 11 is 3.17. The molecular weight excluding hydrogens is 488 g/mol. The number of aromatic nitrogens is 2. The monoisotopic (exact) mass is 518 g/mol. The molecule has 31 heavy (non-hydrogen) atoms. The molecular formula is C20H31BrN2O7Si. The fourth-order valence-corrected chi connectivity index (χ4v) is 4.26. The first-order valence-electron chi connectivity index (χ1n) is 10.2. The van der Waals surface area contributed by atoms with Gasteiger partial charge in [-0.05, 0) is 25.1 Å². The second-order valence-electron chi connectivity index (χ2n) is 8.73. The van der Waals surface area contributed by atoms with E-state index >= 15 is 0 Å². The Bertz CT molecular complexity index is 853. The van der Waals surface area contributed by atoms with E-state index in [0.717, 1.165) is 0 Å². The van der Waals surface area contributed by atoms with E-state index in [0.29, 0.717) is 11.9 Å². The molecule has 0 aliphatic carbocycles. The SMILES string of the molecule is CCOc1ccn([C@@H]2O[C@H](COC(=O)CCBr)C(=O)[C@H]2O[Si](C)(C)C(C)(C)C)c(=O)n1. The maximum Gasteiger partial charge on any atom is 0.353 e. The third-order valence-electron chi connectivity index (χ3n) is 5.45. The van der Waals surface area contributed by atoms with E-state index in [4.69, 9.17) is 18.6 Å². The summed E-state index contributed by atoms with van der Waals surface area (Å²) in [5.41, 5.74) is -0.621. The molecule has 0 unspecified atom stereocenters. The average Bonchev–Trinajstić information content (AvgIpc) is 2.95. The van der Waals surface area contributed by atoms with Gasteiger partial charge in [0.05, 0.1) is 13.0 Å². The van der Waals surface area contributed by atoms with E-state index in [1.54, 1.807) is 6.92 Å². The fraction of sp³-hybridized carbons (Fsp3) is 0.700. The summed E-state index contributed by atoms with van der Waals surface area (Å²) in [5, 5.41) is 0.290. The summed E-state index contributed by atoms with van der Waals surface area (Å²) in [5.74, 6) is -0.615. The molecule has 1 aromatic rings. The van der Waals surface area contributed by atoms with Gasteiger partial charge in [-0.3, -0.25) is 14.2 Å². The molecule has 9 nitrogen and oxygen atoms in total. The Morgan fingerprint density at radius 3 is 2.55 bits per heavy atom. The maximum absolute atomic E-state index is 13.2. The van der Waals surface area contributed by atoms with Crippen molar-refractivity contribution in [1.29, 1.82) is 0 Å². The number of hydrogen-bond acceptors (Lipinski definition) is 8. The molecule has 0 spiro atoms. The average molecular weight is 519 g/mol. The third-order valence-corrected chi connectivity index (χ3v) is 10.3. The molecule has 0 amide bonds. The predicted octanol–water partition coefficient (Wildman–Crippen LogP) is 2.83. The Labute approximate surface area is 191 Å². The topological polar surface area (TPSA) is 106 Å². The number of Topliss-reactive ketones (excluding diaryl/α,β-unsaturated/α-hetero) is 1. The van der Waals surface area contributed by atoms with Crippen molar-refractivity contribution in [1.82, 2.24) is 9.55 Å². The van der Waals surface area contributed by atoms with Gasteiger partial charge in [-0.15, -0.1) is 0 Å². The first kappa shape index (κ1) is 25.7. The summed E-state index contributed by atoms with van der Waals surface area (Å²) < 4.78 is 23.9. The molecule has 1 aliphatic heterocycles. The molecule has 0 saturated carbocycles. The van der Waals surface area contributed by atoms with Crippen LogP contribution >= 0.6 is 15.9 Å². The van der Waals surface area contributed by atoms with Gasteiger partial charge in [-0.25, -0.2) is 4.79 Å². The van der Waals surface area contributed by atoms with Crippen LogP contribution in [0.1, 0.15) is 40.3 Å². The molecule has 2 rings (SSSR count). The van der Waals surface area contributed by atoms with Gasteiger partial charge >= 0.3 is 11.7 Å². The highest BCUT2D eigenvalue weighted by molar-refractivity contribution is 9.09. The molecule has 11 heteroatoms. The highest BCUT2D eigenvalue weighted by atomic mass is 79.9. The van der Waals surface area contributed by atoms with Gasteiger partial charge in [0.25, 0.3) is 0 Å². The third kappa shape index (κ3) is 6.24. The molecule has 0 bridgehead atoms. The zero-order chi connectivity index (χ0) is 23.4. The van der Waals surface area contributed by atoms with Gasteiger partial charge in [0, 0.05) is 17.6 Å². The van der Waals surface area contributed by atoms with E-state index in [-0.39, 0.29) is 29.7 Å². The molecule has 0 aromatic carbocycles. The smallest absolute Gasteiger partial charge is 0.353 e. The Balaban J connectivity index is 2.34. The number of nitrogens with zero attached hydrogens (tertiary/aromatic N) is 2. The number of ketones is 1. The normalized spacial score (nSPS) is 21.9. The standard InChI is InChI=1S/C20H31BrN2O7Si/c1-7-27-14-9-11-23(19(26)22-14)18-17(30-31(5,6)20(2,3)4)16(25)13(29-18)12-28-15(24)8-10-21/h9,11,13,17-18H,7-8,10,12H2,1-6H3/t13-,17-,18-/m1/s1. The highest BCUT2D eigenvalue weighted by Gasteiger charge is 2.51. The Morgan fingerprint density at radius 1 is 1.32 bits per heavy atom. The molecule has 1 fully saturated rings. The molecule has 3 atom stereocenters. The number of halogens is 1. The maximum atomic E-state index is 13.2. The zero-order valence-corrected chi connectivity index (χ0v) is 21.4. The van der Waals surface area contributed by atoms with Crippen LogP contribution in [0, 0.1) is 0 Å². The van der Waals surface area contributed by atoms with Gasteiger partial charge in [0.1, 0.15) is 6.61 Å². The van der Waals surface area contributed by atoms with E-state index in [1.165, 1.54) is 16.8 Å². The number of hydrogen-bond donors (Lipinski definition) is 0. The van der Waals surface area contributed by atoms with Crippen molar-refractivity contribution in [2.24, 2.45) is 0 Å². The zero-order valence-electron chi connectivity index (χ0n) is 18.8. The summed E-state index contributed by atoms with van der Waals surface area (Å²) in [6.45, 7) is 12.1. The molecule has 174 valence electrons. The van der Waals surface area contributed by atoms with Crippen molar-refractivity contribution in [2.45, 2.75) is 70.7 Å². The predicted molar refractivity (Wildman–Crippen MR) is 120 cm³/mol. The van der Waals surface area contributed by atoms with E-state index in [1.807, 2.05) is 13.1 Å². The Kier molecular flexibility index (Phi) is 8.59. The van der Waals surface area contributed by atoms with Crippen LogP contribution in [0.15, 0.2) is 17.1 Å². The van der Waals surface area contributed by atoms with Crippen LogP contribution in [0.2, 0.25) is 18.1 Å². The minimum Gasteiger partial charge on any atom is -0.478 e. The summed E-state index contributed by atoms with van der Waals surface area (Å²) in [6.07, 6.45) is -1.41. The molecule has 0 radical (unpaired) electrons. The van der Waals surface area contributed by atoms with Gasteiger partial charge in [0.2, 0.25) is 5.88 Å². The van der Waals surface area contributed by atoms with Crippen molar-refractivity contribution < 1.29 is 28.2 Å². The number of carbonyl (C=O) groups is 2. The largest absolute Gasteiger partial charge is 0.478 e. The van der Waals surface area contributed by atoms with Crippen molar-refractivity contribution >= 4 is 36.0 Å². The van der Waals surface area contributed by atoms with Crippen LogP contribution in [-0.2, 0) is 23.5 Å². The number of carbonyl (C=O) groups excluding carboxylic acids is 2. The lowest BCUT2D eigenvalue weighted by molar-refractivity contribution is -0.149. The van der Waals surface area contributed by atoms with E-state index in [2.05, 4.69) is 41.7 Å². The van der Waals surface area contributed by atoms with E-state index in [9.17, 15) is 14.4 Å². The summed E-state index contributed by atoms with van der Waals surface area (Å²) in [7, 11) is -2.39. The molecule has 0 N–H and O–H groups in total. The van der Waals surface area contributed by atoms with Crippen LogP contribution in [0.5, 0.6) is 5.88 Å². The fourth-order valence-electron chi connectivity index (χ4n) is 2.71. The second-order valence-corrected chi connectivity index (χ2v) is 14.3. The van der Waals surface area contributed by atoms with E-state index < -0.39 is 38.4 Å². The Morgan fingerprint density at radius 2 is 2.00 bits per heavy atom. The lowest BCUT2D eigenvalue weighted by Gasteiger charge is -2.38.